The molecule has 0 saturated carbocycles. The summed E-state index contributed by atoms with van der Waals surface area (Å²) < 4.78 is 5.50. The van der Waals surface area contributed by atoms with Crippen molar-refractivity contribution in [2.75, 3.05) is 44.4 Å². The molecule has 0 fully saturated rings. The van der Waals surface area contributed by atoms with Gasteiger partial charge in [-0.25, -0.2) is 4.98 Å². The van der Waals surface area contributed by atoms with E-state index in [4.69, 9.17) is 4.74 Å². The van der Waals surface area contributed by atoms with E-state index in [2.05, 4.69) is 30.5 Å². The standard InChI is InChI=1S/C21H26N6O/c1-4-28-18-9-7-17(8-10-18)24-20-14-19(16-6-5-11-22-15-16)25-21(26-20)23-12-13-27(2)3/h5-11,14-15H,4,12-13H2,1-3H3,(H2,23,24,25,26). The number of anilines is 3. The monoisotopic (exact) mass is 378 g/mol. The summed E-state index contributed by atoms with van der Waals surface area (Å²) in [5.41, 5.74) is 2.68. The zero-order valence-electron chi connectivity index (χ0n) is 16.5. The number of ether oxygens (including phenoxy) is 1. The van der Waals surface area contributed by atoms with Crippen molar-refractivity contribution in [3.8, 4) is 17.0 Å². The summed E-state index contributed by atoms with van der Waals surface area (Å²) in [5.74, 6) is 2.14. The number of hydrogen-bond acceptors (Lipinski definition) is 7. The Morgan fingerprint density at radius 1 is 1.07 bits per heavy atom. The maximum atomic E-state index is 5.50. The molecule has 0 bridgehead atoms. The first-order valence-corrected chi connectivity index (χ1v) is 9.32. The molecule has 0 amide bonds. The van der Waals surface area contributed by atoms with Gasteiger partial charge < -0.3 is 20.3 Å². The molecular weight excluding hydrogens is 352 g/mol. The van der Waals surface area contributed by atoms with Gasteiger partial charge in [-0.15, -0.1) is 0 Å². The molecule has 0 saturated heterocycles. The minimum atomic E-state index is 0.580. The lowest BCUT2D eigenvalue weighted by Gasteiger charge is -2.13. The van der Waals surface area contributed by atoms with Crippen LogP contribution < -0.4 is 15.4 Å². The fourth-order valence-corrected chi connectivity index (χ4v) is 2.59. The van der Waals surface area contributed by atoms with Crippen LogP contribution in [0.2, 0.25) is 0 Å². The predicted octanol–water partition coefficient (Wildman–Crippen LogP) is 3.65. The van der Waals surface area contributed by atoms with E-state index in [1.807, 2.05) is 63.5 Å². The molecule has 0 atom stereocenters. The van der Waals surface area contributed by atoms with Crippen LogP contribution in [0.15, 0.2) is 54.9 Å². The molecule has 0 spiro atoms. The Labute approximate surface area is 165 Å². The number of benzene rings is 1. The first-order valence-electron chi connectivity index (χ1n) is 9.32. The lowest BCUT2D eigenvalue weighted by molar-refractivity contribution is 0.340. The van der Waals surface area contributed by atoms with Gasteiger partial charge in [0, 0.05) is 42.8 Å². The van der Waals surface area contributed by atoms with E-state index < -0.39 is 0 Å². The van der Waals surface area contributed by atoms with Crippen LogP contribution in [-0.4, -0.2) is 53.6 Å². The largest absolute Gasteiger partial charge is 0.494 e. The normalized spacial score (nSPS) is 10.7. The quantitative estimate of drug-likeness (QED) is 0.588. The van der Waals surface area contributed by atoms with Crippen molar-refractivity contribution < 1.29 is 4.74 Å². The molecule has 0 aliphatic carbocycles. The summed E-state index contributed by atoms with van der Waals surface area (Å²) in [5, 5.41) is 6.64. The van der Waals surface area contributed by atoms with E-state index in [0.29, 0.717) is 18.4 Å². The minimum Gasteiger partial charge on any atom is -0.494 e. The molecular formula is C21H26N6O. The third-order valence-corrected chi connectivity index (χ3v) is 3.96. The molecule has 146 valence electrons. The maximum absolute atomic E-state index is 5.50. The van der Waals surface area contributed by atoms with Crippen molar-refractivity contribution in [3.63, 3.8) is 0 Å². The third-order valence-electron chi connectivity index (χ3n) is 3.96. The average Bonchev–Trinajstić information content (AvgIpc) is 2.70. The van der Waals surface area contributed by atoms with Crippen molar-refractivity contribution in [3.05, 3.63) is 54.9 Å². The molecule has 2 N–H and O–H groups in total. The molecule has 7 heteroatoms. The van der Waals surface area contributed by atoms with E-state index in [0.717, 1.165) is 35.8 Å². The maximum Gasteiger partial charge on any atom is 0.225 e. The Morgan fingerprint density at radius 3 is 2.57 bits per heavy atom. The van der Waals surface area contributed by atoms with E-state index in [1.54, 1.807) is 12.4 Å². The Morgan fingerprint density at radius 2 is 1.89 bits per heavy atom. The summed E-state index contributed by atoms with van der Waals surface area (Å²) in [7, 11) is 4.07. The molecule has 0 radical (unpaired) electrons. The number of nitrogens with one attached hydrogen (secondary N) is 2. The van der Waals surface area contributed by atoms with Crippen molar-refractivity contribution in [1.82, 2.24) is 19.9 Å². The van der Waals surface area contributed by atoms with Gasteiger partial charge in [0.05, 0.1) is 12.3 Å². The predicted molar refractivity (Wildman–Crippen MR) is 113 cm³/mol. The molecule has 2 heterocycles. The fraction of sp³-hybridized carbons (Fsp3) is 0.286. The average molecular weight is 378 g/mol. The van der Waals surface area contributed by atoms with Gasteiger partial charge in [-0.2, -0.15) is 4.98 Å². The summed E-state index contributed by atoms with van der Waals surface area (Å²) in [4.78, 5) is 15.5. The molecule has 1 aromatic carbocycles. The number of nitrogens with zero attached hydrogens (tertiary/aromatic N) is 4. The van der Waals surface area contributed by atoms with Gasteiger partial charge in [0.25, 0.3) is 0 Å². The molecule has 0 aliphatic heterocycles. The first kappa shape index (κ1) is 19.6. The summed E-state index contributed by atoms with van der Waals surface area (Å²) in [6.45, 7) is 4.26. The number of pyridine rings is 1. The van der Waals surface area contributed by atoms with Gasteiger partial charge in [0.15, 0.2) is 0 Å². The lowest BCUT2D eigenvalue weighted by atomic mass is 10.2. The van der Waals surface area contributed by atoms with E-state index in [9.17, 15) is 0 Å². The van der Waals surface area contributed by atoms with Crippen molar-refractivity contribution >= 4 is 17.5 Å². The van der Waals surface area contributed by atoms with Crippen LogP contribution in [0, 0.1) is 0 Å². The van der Waals surface area contributed by atoms with Crippen molar-refractivity contribution in [1.29, 1.82) is 0 Å². The summed E-state index contributed by atoms with van der Waals surface area (Å²) >= 11 is 0. The molecule has 2 aromatic heterocycles. The summed E-state index contributed by atoms with van der Waals surface area (Å²) in [6, 6.07) is 13.6. The van der Waals surface area contributed by atoms with Gasteiger partial charge in [-0.1, -0.05) is 0 Å². The van der Waals surface area contributed by atoms with Crippen molar-refractivity contribution in [2.45, 2.75) is 6.92 Å². The zero-order chi connectivity index (χ0) is 19.8. The highest BCUT2D eigenvalue weighted by atomic mass is 16.5. The van der Waals surface area contributed by atoms with Crippen LogP contribution in [0.1, 0.15) is 6.92 Å². The second kappa shape index (κ2) is 9.66. The summed E-state index contributed by atoms with van der Waals surface area (Å²) in [6.07, 6.45) is 3.55. The van der Waals surface area contributed by atoms with Gasteiger partial charge >= 0.3 is 0 Å². The minimum absolute atomic E-state index is 0.580. The molecule has 3 rings (SSSR count). The Hall–Kier alpha value is -3.19. The third kappa shape index (κ3) is 5.65. The number of rotatable bonds is 9. The molecule has 0 unspecified atom stereocenters. The van der Waals surface area contributed by atoms with E-state index in [-0.39, 0.29) is 0 Å². The highest BCUT2D eigenvalue weighted by Gasteiger charge is 2.08. The van der Waals surface area contributed by atoms with Crippen LogP contribution >= 0.6 is 0 Å². The second-order valence-electron chi connectivity index (χ2n) is 6.52. The topological polar surface area (TPSA) is 75.2 Å². The molecule has 28 heavy (non-hydrogen) atoms. The second-order valence-corrected chi connectivity index (χ2v) is 6.52. The van der Waals surface area contributed by atoms with Crippen LogP contribution in [0.4, 0.5) is 17.5 Å². The smallest absolute Gasteiger partial charge is 0.225 e. The molecule has 3 aromatic rings. The highest BCUT2D eigenvalue weighted by Crippen LogP contribution is 2.24. The SMILES string of the molecule is CCOc1ccc(Nc2cc(-c3cccnc3)nc(NCCN(C)C)n2)cc1. The van der Waals surface area contributed by atoms with Gasteiger partial charge in [0.2, 0.25) is 5.95 Å². The van der Waals surface area contributed by atoms with Crippen LogP contribution in [-0.2, 0) is 0 Å². The Bertz CT molecular complexity index is 868. The number of likely N-dealkylation sites (N-methyl/N-ethyl adjacent to an activating group) is 1. The highest BCUT2D eigenvalue weighted by molar-refractivity contribution is 5.67. The van der Waals surface area contributed by atoms with Gasteiger partial charge in [-0.05, 0) is 57.4 Å². The first-order chi connectivity index (χ1) is 13.6. The number of hydrogen-bond donors (Lipinski definition) is 2. The van der Waals surface area contributed by atoms with Crippen LogP contribution in [0.25, 0.3) is 11.3 Å². The lowest BCUT2D eigenvalue weighted by Crippen LogP contribution is -2.21. The zero-order valence-corrected chi connectivity index (χ0v) is 16.5. The van der Waals surface area contributed by atoms with Gasteiger partial charge in [-0.3, -0.25) is 4.98 Å². The fourth-order valence-electron chi connectivity index (χ4n) is 2.59. The Kier molecular flexibility index (Phi) is 6.75. The van der Waals surface area contributed by atoms with E-state index >= 15 is 0 Å². The molecule has 7 nitrogen and oxygen atoms in total. The number of aromatic nitrogens is 3. The Balaban J connectivity index is 1.83. The molecule has 0 aliphatic rings. The van der Waals surface area contributed by atoms with Crippen LogP contribution in [0.5, 0.6) is 5.75 Å². The van der Waals surface area contributed by atoms with Crippen LogP contribution in [0.3, 0.4) is 0 Å². The van der Waals surface area contributed by atoms with Crippen molar-refractivity contribution in [2.24, 2.45) is 0 Å². The van der Waals surface area contributed by atoms with E-state index in [1.165, 1.54) is 0 Å². The van der Waals surface area contributed by atoms with Gasteiger partial charge in [0.1, 0.15) is 11.6 Å².